The van der Waals surface area contributed by atoms with Gasteiger partial charge < -0.3 is 9.47 Å². The molecule has 0 saturated heterocycles. The lowest BCUT2D eigenvalue weighted by Gasteiger charge is -2.18. The summed E-state index contributed by atoms with van der Waals surface area (Å²) >= 11 is 0. The van der Waals surface area contributed by atoms with Crippen LogP contribution in [0.15, 0.2) is 91.0 Å². The maximum atomic E-state index is 14.5. The van der Waals surface area contributed by atoms with Gasteiger partial charge in [0.05, 0.1) is 0 Å². The quantitative estimate of drug-likeness (QED) is 0.233. The predicted molar refractivity (Wildman–Crippen MR) is 131 cm³/mol. The van der Waals surface area contributed by atoms with E-state index in [0.29, 0.717) is 17.5 Å². The Hall–Kier alpha value is -3.07. The van der Waals surface area contributed by atoms with Gasteiger partial charge in [-0.3, -0.25) is 0 Å². The first-order valence-corrected chi connectivity index (χ1v) is 11.7. The van der Waals surface area contributed by atoms with Crippen LogP contribution in [0.3, 0.4) is 0 Å². The number of halogens is 2. The molecule has 0 aliphatic carbocycles. The summed E-state index contributed by atoms with van der Waals surface area (Å²) in [4.78, 5) is 0. The van der Waals surface area contributed by atoms with Crippen molar-refractivity contribution in [2.75, 3.05) is 13.9 Å². The van der Waals surface area contributed by atoms with Crippen LogP contribution < -0.4 is 15.3 Å². The average Bonchev–Trinajstić information content (AvgIpc) is 2.82. The van der Waals surface area contributed by atoms with E-state index in [4.69, 9.17) is 9.47 Å². The topological polar surface area (TPSA) is 18.5 Å². The van der Waals surface area contributed by atoms with Crippen LogP contribution in [0.5, 0.6) is 5.75 Å². The van der Waals surface area contributed by atoms with Crippen molar-refractivity contribution in [2.24, 2.45) is 0 Å². The van der Waals surface area contributed by atoms with Gasteiger partial charge in [0.25, 0.3) is 0 Å². The number of hydrogen-bond donors (Lipinski definition) is 0. The summed E-state index contributed by atoms with van der Waals surface area (Å²) in [6.07, 6.45) is 1.42. The summed E-state index contributed by atoms with van der Waals surface area (Å²) < 4.78 is 39.2. The Labute approximate surface area is 195 Å². The van der Waals surface area contributed by atoms with Crippen LogP contribution in [0.4, 0.5) is 8.78 Å². The molecule has 1 atom stereocenters. The lowest BCUT2D eigenvalue weighted by Crippen LogP contribution is -2.16. The second-order valence-electron chi connectivity index (χ2n) is 7.76. The minimum Gasteiger partial charge on any atom is -0.467 e. The maximum absolute atomic E-state index is 14.5. The Balaban J connectivity index is 1.79. The first-order chi connectivity index (χ1) is 16.1. The van der Waals surface area contributed by atoms with E-state index in [1.807, 2.05) is 36.4 Å². The zero-order valence-corrected chi connectivity index (χ0v) is 19.4. The van der Waals surface area contributed by atoms with Crippen molar-refractivity contribution >= 4 is 19.2 Å². The molecule has 0 aromatic heterocycles. The fourth-order valence-corrected chi connectivity index (χ4v) is 5.00. The molecule has 4 aromatic carbocycles. The smallest absolute Gasteiger partial charge is 0.188 e. The van der Waals surface area contributed by atoms with E-state index in [2.05, 4.69) is 36.4 Å². The third-order valence-electron chi connectivity index (χ3n) is 5.24. The van der Waals surface area contributed by atoms with Gasteiger partial charge in [0, 0.05) is 30.2 Å². The molecule has 0 aliphatic heterocycles. The zero-order valence-electron chi connectivity index (χ0n) is 18.4. The van der Waals surface area contributed by atoms with Gasteiger partial charge in [0.2, 0.25) is 0 Å². The van der Waals surface area contributed by atoms with Crippen LogP contribution >= 0.6 is 8.58 Å². The highest BCUT2D eigenvalue weighted by atomic mass is 31.1. The van der Waals surface area contributed by atoms with E-state index in [0.717, 1.165) is 34.5 Å². The van der Waals surface area contributed by atoms with Crippen LogP contribution in [-0.4, -0.2) is 13.9 Å². The molecule has 4 rings (SSSR count). The van der Waals surface area contributed by atoms with E-state index >= 15 is 0 Å². The van der Waals surface area contributed by atoms with E-state index in [1.54, 1.807) is 7.11 Å². The highest BCUT2D eigenvalue weighted by Crippen LogP contribution is 2.29. The van der Waals surface area contributed by atoms with Gasteiger partial charge >= 0.3 is 0 Å². The standard InChI is InChI=1S/C28H25F2O2P/c1-31-19-32-28-23(15-21-10-6-3-7-11-21)16-22(14-20-8-4-2-5-9-20)17-27(28)33-26-13-12-24(29)18-25(26)30/h2-13,16-18,33H,14-15,19H2,1H3. The number of methoxy groups -OCH3 is 1. The van der Waals surface area contributed by atoms with E-state index in [9.17, 15) is 8.78 Å². The first kappa shape index (κ1) is 23.1. The van der Waals surface area contributed by atoms with E-state index in [-0.39, 0.29) is 15.4 Å². The number of rotatable bonds is 9. The summed E-state index contributed by atoms with van der Waals surface area (Å²) in [5, 5.41) is 1.32. The van der Waals surface area contributed by atoms with Crippen molar-refractivity contribution in [3.05, 3.63) is 125 Å². The normalized spacial score (nSPS) is 11.2. The highest BCUT2D eigenvalue weighted by Gasteiger charge is 2.16. The molecule has 0 fully saturated rings. The van der Waals surface area contributed by atoms with Crippen LogP contribution in [0.25, 0.3) is 0 Å². The molecular formula is C28H25F2O2P. The van der Waals surface area contributed by atoms with Gasteiger partial charge in [-0.2, -0.15) is 0 Å². The second-order valence-corrected chi connectivity index (χ2v) is 9.08. The Kier molecular flexibility index (Phi) is 7.83. The van der Waals surface area contributed by atoms with Crippen LogP contribution in [0.1, 0.15) is 22.3 Å². The van der Waals surface area contributed by atoms with E-state index < -0.39 is 11.6 Å². The fourth-order valence-electron chi connectivity index (χ4n) is 3.75. The number of benzene rings is 4. The molecule has 0 aliphatic rings. The Morgan fingerprint density at radius 3 is 2.00 bits per heavy atom. The lowest BCUT2D eigenvalue weighted by molar-refractivity contribution is 0.0513. The molecule has 1 unspecified atom stereocenters. The Morgan fingerprint density at radius 1 is 0.697 bits per heavy atom. The summed E-state index contributed by atoms with van der Waals surface area (Å²) in [6.45, 7) is 0.0865. The van der Waals surface area contributed by atoms with Crippen molar-refractivity contribution in [1.29, 1.82) is 0 Å². The molecule has 5 heteroatoms. The monoisotopic (exact) mass is 462 g/mol. The molecule has 0 heterocycles. The van der Waals surface area contributed by atoms with Crippen molar-refractivity contribution in [1.82, 2.24) is 0 Å². The van der Waals surface area contributed by atoms with Crippen LogP contribution in [0, 0.1) is 11.6 Å². The molecule has 0 spiro atoms. The van der Waals surface area contributed by atoms with Crippen LogP contribution in [0.2, 0.25) is 0 Å². The molecule has 33 heavy (non-hydrogen) atoms. The predicted octanol–water partition coefficient (Wildman–Crippen LogP) is 5.76. The van der Waals surface area contributed by atoms with Gasteiger partial charge in [0.15, 0.2) is 6.79 Å². The van der Waals surface area contributed by atoms with Crippen molar-refractivity contribution in [2.45, 2.75) is 12.8 Å². The SMILES string of the molecule is COCOc1c(Cc2ccccc2)cc(Cc2ccccc2)cc1Pc1ccc(F)cc1F. The molecular weight excluding hydrogens is 437 g/mol. The highest BCUT2D eigenvalue weighted by molar-refractivity contribution is 7.55. The second kappa shape index (κ2) is 11.2. The first-order valence-electron chi connectivity index (χ1n) is 10.7. The van der Waals surface area contributed by atoms with Crippen molar-refractivity contribution in [3.63, 3.8) is 0 Å². The molecule has 0 radical (unpaired) electrons. The summed E-state index contributed by atoms with van der Waals surface area (Å²) in [7, 11) is 1.55. The largest absolute Gasteiger partial charge is 0.467 e. The maximum Gasteiger partial charge on any atom is 0.188 e. The molecule has 2 nitrogen and oxygen atoms in total. The molecule has 0 amide bonds. The summed E-state index contributed by atoms with van der Waals surface area (Å²) in [5.74, 6) is -0.442. The minimum absolute atomic E-state index is 0.0260. The zero-order chi connectivity index (χ0) is 23.0. The third kappa shape index (κ3) is 6.25. The Bertz CT molecular complexity index is 1200. The minimum atomic E-state index is -0.584. The molecule has 0 N–H and O–H groups in total. The van der Waals surface area contributed by atoms with Crippen molar-refractivity contribution in [3.8, 4) is 5.75 Å². The summed E-state index contributed by atoms with van der Waals surface area (Å²) in [5.41, 5.74) is 4.47. The van der Waals surface area contributed by atoms with Gasteiger partial charge in [-0.15, -0.1) is 0 Å². The summed E-state index contributed by atoms with van der Waals surface area (Å²) in [6, 6.07) is 28.3. The van der Waals surface area contributed by atoms with Gasteiger partial charge in [-0.25, -0.2) is 8.78 Å². The molecule has 4 aromatic rings. The molecule has 0 saturated carbocycles. The lowest BCUT2D eigenvalue weighted by atomic mass is 9.98. The number of ether oxygens (including phenoxy) is 2. The average molecular weight is 462 g/mol. The van der Waals surface area contributed by atoms with Crippen LogP contribution in [-0.2, 0) is 17.6 Å². The molecule has 168 valence electrons. The van der Waals surface area contributed by atoms with Gasteiger partial charge in [-0.1, -0.05) is 75.3 Å². The van der Waals surface area contributed by atoms with Gasteiger partial charge in [-0.05, 0) is 46.9 Å². The van der Waals surface area contributed by atoms with E-state index in [1.165, 1.54) is 17.7 Å². The third-order valence-corrected chi connectivity index (χ3v) is 6.55. The van der Waals surface area contributed by atoms with Gasteiger partial charge in [0.1, 0.15) is 17.4 Å². The fraction of sp³-hybridized carbons (Fsp3) is 0.143. The Morgan fingerprint density at radius 2 is 1.36 bits per heavy atom. The number of hydrogen-bond acceptors (Lipinski definition) is 2. The molecule has 0 bridgehead atoms. The van der Waals surface area contributed by atoms with Crippen molar-refractivity contribution < 1.29 is 18.3 Å².